The second-order valence-corrected chi connectivity index (χ2v) is 9.87. The van der Waals surface area contributed by atoms with E-state index in [0.717, 1.165) is 10.8 Å². The van der Waals surface area contributed by atoms with E-state index in [4.69, 9.17) is 20.5 Å². The highest BCUT2D eigenvalue weighted by Gasteiger charge is 2.31. The molecule has 1 aliphatic rings. The summed E-state index contributed by atoms with van der Waals surface area (Å²) < 4.78 is 23.9. The molecule has 0 fully saturated rings. The summed E-state index contributed by atoms with van der Waals surface area (Å²) in [6, 6.07) is 20.1. The Morgan fingerprint density at radius 2 is 1.66 bits per heavy atom. The Balaban J connectivity index is 1.38. The maximum absolute atomic E-state index is 12.8. The van der Waals surface area contributed by atoms with Crippen molar-refractivity contribution < 1.29 is 18.6 Å². The Labute approximate surface area is 174 Å². The number of rotatable bonds is 6. The summed E-state index contributed by atoms with van der Waals surface area (Å²) in [6.45, 7) is -2.25. The van der Waals surface area contributed by atoms with Crippen molar-refractivity contribution in [1.82, 2.24) is 5.09 Å². The van der Waals surface area contributed by atoms with Gasteiger partial charge in [-0.25, -0.2) is 9.65 Å². The molecule has 2 atom stereocenters. The molecule has 3 aromatic rings. The molecule has 0 bridgehead atoms. The first kappa shape index (κ1) is 20.0. The molecule has 1 N–H and O–H groups in total. The number of hydrogen-bond acceptors (Lipinski definition) is 4. The highest BCUT2D eigenvalue weighted by Crippen LogP contribution is 2.50. The van der Waals surface area contributed by atoms with Crippen LogP contribution in [0.3, 0.4) is 0 Å². The minimum absolute atomic E-state index is 0.224. The van der Waals surface area contributed by atoms with Crippen LogP contribution in [0.5, 0.6) is 5.75 Å². The standard InChI is InChI=1S/C22H21ClNO4P/c1-15(22(25)27-19-13-17-8-2-3-9-18(17)14-19)24-29(23,26)28-21-12-6-10-16-7-4-5-11-20(16)21/h2-12,15,19H,13-14H2,1H3,(H,24,26). The van der Waals surface area contributed by atoms with Gasteiger partial charge in [0.1, 0.15) is 17.9 Å². The predicted octanol–water partition coefficient (Wildman–Crippen LogP) is 5.25. The van der Waals surface area contributed by atoms with Crippen molar-refractivity contribution in [2.75, 3.05) is 0 Å². The van der Waals surface area contributed by atoms with Crippen LogP contribution in [0.4, 0.5) is 0 Å². The lowest BCUT2D eigenvalue weighted by molar-refractivity contribution is -0.150. The molecule has 0 saturated heterocycles. The SMILES string of the molecule is CC(NP(=O)(Cl)Oc1cccc2ccccc12)C(=O)OC1Cc2ccccc2C1. The summed E-state index contributed by atoms with van der Waals surface area (Å²) in [5.74, 6) is -0.119. The van der Waals surface area contributed by atoms with Crippen molar-refractivity contribution in [1.29, 1.82) is 0 Å². The Kier molecular flexibility index (Phi) is 5.64. The zero-order valence-corrected chi connectivity index (χ0v) is 17.5. The van der Waals surface area contributed by atoms with E-state index in [1.54, 1.807) is 19.1 Å². The van der Waals surface area contributed by atoms with Gasteiger partial charge >= 0.3 is 12.8 Å². The molecule has 0 saturated carbocycles. The molecule has 5 nitrogen and oxygen atoms in total. The number of carbonyl (C=O) groups is 1. The number of halogens is 1. The van der Waals surface area contributed by atoms with Crippen molar-refractivity contribution in [3.63, 3.8) is 0 Å². The molecule has 7 heteroatoms. The molecule has 2 unspecified atom stereocenters. The number of nitrogens with one attached hydrogen (secondary N) is 1. The van der Waals surface area contributed by atoms with Crippen LogP contribution < -0.4 is 9.61 Å². The maximum Gasteiger partial charge on any atom is 0.409 e. The first-order valence-electron chi connectivity index (χ1n) is 9.43. The second-order valence-electron chi connectivity index (χ2n) is 7.13. The maximum atomic E-state index is 12.8. The van der Waals surface area contributed by atoms with Gasteiger partial charge in [-0.05, 0) is 29.5 Å². The lowest BCUT2D eigenvalue weighted by atomic mass is 10.1. The van der Waals surface area contributed by atoms with Crippen LogP contribution in [-0.4, -0.2) is 18.1 Å². The van der Waals surface area contributed by atoms with Crippen LogP contribution in [0.25, 0.3) is 10.8 Å². The highest BCUT2D eigenvalue weighted by atomic mass is 35.7. The van der Waals surface area contributed by atoms with Gasteiger partial charge in [0, 0.05) is 29.5 Å². The normalized spacial score (nSPS) is 16.8. The molecular weight excluding hydrogens is 409 g/mol. The first-order chi connectivity index (χ1) is 13.9. The van der Waals surface area contributed by atoms with Gasteiger partial charge in [-0.1, -0.05) is 60.7 Å². The number of fused-ring (bicyclic) bond motifs is 2. The van der Waals surface area contributed by atoms with E-state index in [0.29, 0.717) is 18.6 Å². The third-order valence-corrected chi connectivity index (χ3v) is 6.59. The van der Waals surface area contributed by atoms with Gasteiger partial charge in [0.05, 0.1) is 0 Å². The summed E-state index contributed by atoms with van der Waals surface area (Å²) in [7, 11) is 0. The van der Waals surface area contributed by atoms with Gasteiger partial charge < -0.3 is 9.26 Å². The van der Waals surface area contributed by atoms with Crippen LogP contribution >= 0.6 is 18.1 Å². The zero-order chi connectivity index (χ0) is 20.4. The van der Waals surface area contributed by atoms with Gasteiger partial charge in [-0.2, -0.15) is 0 Å². The number of ether oxygens (including phenoxy) is 1. The lowest BCUT2D eigenvalue weighted by Crippen LogP contribution is -2.35. The Morgan fingerprint density at radius 3 is 2.38 bits per heavy atom. The fourth-order valence-electron chi connectivity index (χ4n) is 3.58. The molecule has 0 aliphatic heterocycles. The predicted molar refractivity (Wildman–Crippen MR) is 114 cm³/mol. The van der Waals surface area contributed by atoms with Crippen LogP contribution in [0.15, 0.2) is 66.7 Å². The van der Waals surface area contributed by atoms with Gasteiger partial charge in [-0.3, -0.25) is 4.79 Å². The van der Waals surface area contributed by atoms with E-state index in [1.165, 1.54) is 11.1 Å². The lowest BCUT2D eigenvalue weighted by Gasteiger charge is -2.20. The molecule has 4 rings (SSSR count). The molecule has 0 heterocycles. The van der Waals surface area contributed by atoms with Crippen LogP contribution in [0.1, 0.15) is 18.1 Å². The van der Waals surface area contributed by atoms with E-state index in [-0.39, 0.29) is 6.10 Å². The topological polar surface area (TPSA) is 64.6 Å². The number of esters is 1. The molecule has 29 heavy (non-hydrogen) atoms. The second kappa shape index (κ2) is 8.19. The number of carbonyl (C=O) groups excluding carboxylic acids is 1. The quantitative estimate of drug-likeness (QED) is 0.428. The third-order valence-electron chi connectivity index (χ3n) is 4.96. The molecule has 0 aromatic heterocycles. The van der Waals surface area contributed by atoms with Crippen molar-refractivity contribution in [2.24, 2.45) is 0 Å². The molecule has 150 valence electrons. The van der Waals surface area contributed by atoms with Gasteiger partial charge in [0.15, 0.2) is 0 Å². The van der Waals surface area contributed by atoms with E-state index in [9.17, 15) is 9.36 Å². The fourth-order valence-corrected chi connectivity index (χ4v) is 5.28. The Bertz CT molecular complexity index is 1070. The monoisotopic (exact) mass is 429 g/mol. The van der Waals surface area contributed by atoms with Gasteiger partial charge in [0.2, 0.25) is 0 Å². The van der Waals surface area contributed by atoms with Gasteiger partial charge in [-0.15, -0.1) is 0 Å². The largest absolute Gasteiger partial charge is 0.461 e. The van der Waals surface area contributed by atoms with Crippen molar-refractivity contribution in [2.45, 2.75) is 31.9 Å². The average Bonchev–Trinajstić information content (AvgIpc) is 3.10. The highest BCUT2D eigenvalue weighted by molar-refractivity contribution is 7.84. The summed E-state index contributed by atoms with van der Waals surface area (Å²) in [5, 5.41) is 4.32. The summed E-state index contributed by atoms with van der Waals surface area (Å²) >= 11 is 6.11. The van der Waals surface area contributed by atoms with Crippen molar-refractivity contribution in [3.8, 4) is 5.75 Å². The molecule has 1 aliphatic carbocycles. The first-order valence-corrected chi connectivity index (χ1v) is 12.0. The van der Waals surface area contributed by atoms with E-state index in [1.807, 2.05) is 54.6 Å². The summed E-state index contributed by atoms with van der Waals surface area (Å²) in [4.78, 5) is 12.5. The van der Waals surface area contributed by atoms with Crippen LogP contribution in [0, 0.1) is 0 Å². The van der Waals surface area contributed by atoms with Gasteiger partial charge in [0.25, 0.3) is 0 Å². The summed E-state index contributed by atoms with van der Waals surface area (Å²) in [5.41, 5.74) is 2.38. The van der Waals surface area contributed by atoms with E-state index in [2.05, 4.69) is 5.09 Å². The zero-order valence-electron chi connectivity index (χ0n) is 15.9. The van der Waals surface area contributed by atoms with E-state index < -0.39 is 18.9 Å². The molecular formula is C22H21ClNO4P. The molecule has 0 amide bonds. The number of benzene rings is 3. The molecule has 3 aromatic carbocycles. The average molecular weight is 430 g/mol. The Morgan fingerprint density at radius 1 is 1.03 bits per heavy atom. The molecule has 0 radical (unpaired) electrons. The van der Waals surface area contributed by atoms with Crippen molar-refractivity contribution in [3.05, 3.63) is 77.9 Å². The Hall–Kier alpha value is -2.33. The van der Waals surface area contributed by atoms with Crippen LogP contribution in [-0.2, 0) is 26.9 Å². The minimum Gasteiger partial charge on any atom is -0.461 e. The van der Waals surface area contributed by atoms with Crippen LogP contribution in [0.2, 0.25) is 0 Å². The number of hydrogen-bond donors (Lipinski definition) is 1. The minimum atomic E-state index is -3.81. The molecule has 0 spiro atoms. The fraction of sp³-hybridized carbons (Fsp3) is 0.227. The van der Waals surface area contributed by atoms with Crippen molar-refractivity contribution >= 4 is 34.9 Å². The summed E-state index contributed by atoms with van der Waals surface area (Å²) in [6.07, 6.45) is 1.14. The smallest absolute Gasteiger partial charge is 0.409 e. The van der Waals surface area contributed by atoms with E-state index >= 15 is 0 Å². The third kappa shape index (κ3) is 4.64.